The first-order valence-corrected chi connectivity index (χ1v) is 5.01. The van der Waals surface area contributed by atoms with Gasteiger partial charge in [0.05, 0.1) is 6.21 Å². The molecule has 0 amide bonds. The molecule has 3 N–H and O–H groups in total. The van der Waals surface area contributed by atoms with Crippen LogP contribution >= 0.6 is 11.6 Å². The van der Waals surface area contributed by atoms with Gasteiger partial charge in [0.15, 0.2) is 0 Å². The second kappa shape index (κ2) is 6.49. The molecule has 0 fully saturated rings. The molecule has 1 aromatic carbocycles. The number of nitrogens with one attached hydrogen (secondary N) is 1. The van der Waals surface area contributed by atoms with Crippen molar-refractivity contribution in [3.05, 3.63) is 34.9 Å². The lowest BCUT2D eigenvalue weighted by molar-refractivity contribution is -0.145. The van der Waals surface area contributed by atoms with Crippen LogP contribution in [0, 0.1) is 0 Å². The Morgan fingerprint density at radius 2 is 2.12 bits per heavy atom. The van der Waals surface area contributed by atoms with E-state index in [9.17, 15) is 4.79 Å². The summed E-state index contributed by atoms with van der Waals surface area (Å²) in [5.41, 5.74) is 8.28. The number of nitrogens with zero attached hydrogens (tertiary/aromatic N) is 2. The zero-order valence-electron chi connectivity index (χ0n) is 9.05. The van der Waals surface area contributed by atoms with Crippen LogP contribution in [0.4, 0.5) is 0 Å². The van der Waals surface area contributed by atoms with Gasteiger partial charge in [-0.2, -0.15) is 10.6 Å². The van der Waals surface area contributed by atoms with Crippen LogP contribution < -0.4 is 11.2 Å². The summed E-state index contributed by atoms with van der Waals surface area (Å²) in [6.45, 7) is 1.23. The fourth-order valence-corrected chi connectivity index (χ4v) is 0.977. The lowest BCUT2D eigenvalue weighted by Gasteiger charge is -2.00. The van der Waals surface area contributed by atoms with Crippen molar-refractivity contribution in [3.63, 3.8) is 0 Å². The monoisotopic (exact) mass is 254 g/mol. The van der Waals surface area contributed by atoms with Crippen molar-refractivity contribution in [1.29, 1.82) is 0 Å². The van der Waals surface area contributed by atoms with Crippen molar-refractivity contribution in [3.8, 4) is 0 Å². The molecule has 0 atom stereocenters. The Morgan fingerprint density at radius 1 is 1.47 bits per heavy atom. The molecule has 0 unspecified atom stereocenters. The molecule has 0 aliphatic carbocycles. The number of hydrogen-bond acceptors (Lipinski definition) is 4. The molecule has 0 radical (unpaired) electrons. The second-order valence-corrected chi connectivity index (χ2v) is 3.41. The topological polar surface area (TPSA) is 89.1 Å². The number of rotatable bonds is 2. The molecule has 7 heteroatoms. The number of guanidine groups is 1. The average molecular weight is 255 g/mol. The van der Waals surface area contributed by atoms with E-state index >= 15 is 0 Å². The minimum atomic E-state index is -0.523. The van der Waals surface area contributed by atoms with Crippen LogP contribution in [0.5, 0.6) is 0 Å². The first kappa shape index (κ1) is 13.0. The van der Waals surface area contributed by atoms with Gasteiger partial charge in [0.25, 0.3) is 0 Å². The third-order valence-electron chi connectivity index (χ3n) is 1.54. The highest BCUT2D eigenvalue weighted by molar-refractivity contribution is 6.30. The SMILES string of the molecule is CC(=O)ONC(N)=NN=Cc1ccc(Cl)cc1. The smallest absolute Gasteiger partial charge is 0.329 e. The minimum Gasteiger partial charge on any atom is -0.366 e. The molecule has 1 rings (SSSR count). The molecule has 1 aromatic rings. The van der Waals surface area contributed by atoms with Crippen molar-refractivity contribution in [2.75, 3.05) is 0 Å². The van der Waals surface area contributed by atoms with Gasteiger partial charge in [0.2, 0.25) is 5.96 Å². The van der Waals surface area contributed by atoms with Gasteiger partial charge in [0, 0.05) is 11.9 Å². The van der Waals surface area contributed by atoms with Crippen LogP contribution in [0.3, 0.4) is 0 Å². The highest BCUT2D eigenvalue weighted by Gasteiger charge is 1.93. The van der Waals surface area contributed by atoms with E-state index in [-0.39, 0.29) is 5.96 Å². The third-order valence-corrected chi connectivity index (χ3v) is 1.79. The zero-order chi connectivity index (χ0) is 12.7. The maximum atomic E-state index is 10.4. The molecule has 0 bridgehead atoms. The van der Waals surface area contributed by atoms with Gasteiger partial charge in [-0.15, -0.1) is 5.10 Å². The highest BCUT2D eigenvalue weighted by Crippen LogP contribution is 2.07. The van der Waals surface area contributed by atoms with Crippen molar-refractivity contribution in [2.24, 2.45) is 15.9 Å². The van der Waals surface area contributed by atoms with Crippen molar-refractivity contribution in [2.45, 2.75) is 6.92 Å². The van der Waals surface area contributed by atoms with Crippen LogP contribution in [0.1, 0.15) is 12.5 Å². The quantitative estimate of drug-likeness (QED) is 0.469. The Balaban J connectivity index is 2.51. The van der Waals surface area contributed by atoms with Crippen LogP contribution in [-0.2, 0) is 9.63 Å². The number of halogens is 1. The van der Waals surface area contributed by atoms with E-state index in [1.165, 1.54) is 13.1 Å². The molecule has 0 aromatic heterocycles. The van der Waals surface area contributed by atoms with Gasteiger partial charge in [0.1, 0.15) is 0 Å². The number of hydroxylamine groups is 1. The molecule has 0 saturated heterocycles. The summed E-state index contributed by atoms with van der Waals surface area (Å²) in [6, 6.07) is 7.01. The Bertz CT molecular complexity index is 442. The van der Waals surface area contributed by atoms with Crippen LogP contribution in [0.15, 0.2) is 34.5 Å². The lowest BCUT2D eigenvalue weighted by atomic mass is 10.2. The number of carbonyl (C=O) groups excluding carboxylic acids is 1. The maximum absolute atomic E-state index is 10.4. The van der Waals surface area contributed by atoms with E-state index in [4.69, 9.17) is 17.3 Å². The fraction of sp³-hybridized carbons (Fsp3) is 0.100. The Labute approximate surface area is 103 Å². The molecule has 0 heterocycles. The molecular formula is C10H11ClN4O2. The molecule has 90 valence electrons. The predicted octanol–water partition coefficient (Wildman–Crippen LogP) is 1.06. The van der Waals surface area contributed by atoms with E-state index in [0.717, 1.165) is 5.56 Å². The third kappa shape index (κ3) is 5.53. The Morgan fingerprint density at radius 3 is 2.71 bits per heavy atom. The number of nitrogens with two attached hydrogens (primary N) is 1. The number of hydrogen-bond donors (Lipinski definition) is 2. The molecule has 0 saturated carbocycles. The zero-order valence-corrected chi connectivity index (χ0v) is 9.81. The van der Waals surface area contributed by atoms with Crippen molar-refractivity contribution < 1.29 is 9.63 Å². The summed E-state index contributed by atoms with van der Waals surface area (Å²) in [4.78, 5) is 14.8. The summed E-state index contributed by atoms with van der Waals surface area (Å²) in [5.74, 6) is -0.643. The molecule has 17 heavy (non-hydrogen) atoms. The van der Waals surface area contributed by atoms with Crippen LogP contribution in [0.25, 0.3) is 0 Å². The highest BCUT2D eigenvalue weighted by atomic mass is 35.5. The molecular weight excluding hydrogens is 244 g/mol. The summed E-state index contributed by atoms with van der Waals surface area (Å²) in [6.07, 6.45) is 1.48. The second-order valence-electron chi connectivity index (χ2n) is 2.98. The van der Waals surface area contributed by atoms with Crippen molar-refractivity contribution >= 4 is 29.7 Å². The summed E-state index contributed by atoms with van der Waals surface area (Å²) in [7, 11) is 0. The molecule has 0 spiro atoms. The largest absolute Gasteiger partial charge is 0.366 e. The maximum Gasteiger partial charge on any atom is 0.329 e. The van der Waals surface area contributed by atoms with Gasteiger partial charge in [-0.1, -0.05) is 23.7 Å². The first-order chi connectivity index (χ1) is 8.08. The Hall–Kier alpha value is -2.08. The van der Waals surface area contributed by atoms with E-state index in [1.807, 2.05) is 0 Å². The standard InChI is InChI=1S/C10H11ClN4O2/c1-7(16)17-15-10(12)14-13-6-8-2-4-9(11)5-3-8/h2-6H,1H3,(H3,12,14,15). The van der Waals surface area contributed by atoms with E-state index in [2.05, 4.69) is 20.5 Å². The number of benzene rings is 1. The van der Waals surface area contributed by atoms with Gasteiger partial charge < -0.3 is 10.6 Å². The molecule has 0 aliphatic rings. The average Bonchev–Trinajstić information content (AvgIpc) is 2.29. The van der Waals surface area contributed by atoms with Gasteiger partial charge >= 0.3 is 5.97 Å². The number of carbonyl (C=O) groups is 1. The van der Waals surface area contributed by atoms with Crippen LogP contribution in [0.2, 0.25) is 5.02 Å². The lowest BCUT2D eigenvalue weighted by Crippen LogP contribution is -2.32. The molecule has 0 aliphatic heterocycles. The predicted molar refractivity (Wildman–Crippen MR) is 65.6 cm³/mol. The molecule has 6 nitrogen and oxygen atoms in total. The van der Waals surface area contributed by atoms with Gasteiger partial charge in [-0.25, -0.2) is 0 Å². The fourth-order valence-electron chi connectivity index (χ4n) is 0.851. The Kier molecular flexibility index (Phi) is 4.96. The van der Waals surface area contributed by atoms with E-state index < -0.39 is 5.97 Å². The summed E-state index contributed by atoms with van der Waals surface area (Å²) in [5, 5.41) is 7.89. The van der Waals surface area contributed by atoms with Crippen molar-refractivity contribution in [1.82, 2.24) is 5.48 Å². The summed E-state index contributed by atoms with van der Waals surface area (Å²) < 4.78 is 0. The van der Waals surface area contributed by atoms with Gasteiger partial charge in [-0.3, -0.25) is 4.79 Å². The normalized spacial score (nSPS) is 11.5. The first-order valence-electron chi connectivity index (χ1n) is 4.63. The van der Waals surface area contributed by atoms with Gasteiger partial charge in [-0.05, 0) is 17.7 Å². The summed E-state index contributed by atoms with van der Waals surface area (Å²) >= 11 is 5.72. The minimum absolute atomic E-state index is 0.120. The van der Waals surface area contributed by atoms with E-state index in [0.29, 0.717) is 5.02 Å². The van der Waals surface area contributed by atoms with E-state index in [1.54, 1.807) is 24.3 Å². The van der Waals surface area contributed by atoms with Crippen LogP contribution in [-0.4, -0.2) is 18.1 Å².